The molecule has 0 spiro atoms. The first-order valence-electron chi connectivity index (χ1n) is 5.23. The molecular weight excluding hydrogens is 214 g/mol. The molecule has 0 radical (unpaired) electrons. The van der Waals surface area contributed by atoms with E-state index in [4.69, 9.17) is 5.11 Å². The van der Waals surface area contributed by atoms with Crippen molar-refractivity contribution in [1.82, 2.24) is 4.90 Å². The van der Waals surface area contributed by atoms with Crippen molar-refractivity contribution in [2.45, 2.75) is 19.8 Å². The Morgan fingerprint density at radius 2 is 2.00 bits per heavy atom. The molecule has 86 valence electrons. The average Bonchev–Trinajstić information content (AvgIpc) is 2.26. The van der Waals surface area contributed by atoms with Crippen LogP contribution >= 0.6 is 11.8 Å². The number of rotatable bonds is 4. The van der Waals surface area contributed by atoms with Crippen molar-refractivity contribution in [3.63, 3.8) is 0 Å². The van der Waals surface area contributed by atoms with Gasteiger partial charge in [0, 0.05) is 13.1 Å². The van der Waals surface area contributed by atoms with Crippen molar-refractivity contribution < 1.29 is 14.7 Å². The number of likely N-dealkylation sites (tertiary alicyclic amines) is 1. The lowest BCUT2D eigenvalue weighted by molar-refractivity contribution is -0.145. The van der Waals surface area contributed by atoms with Crippen LogP contribution in [0.1, 0.15) is 19.8 Å². The molecule has 1 N–H and O–H groups in total. The predicted molar refractivity (Wildman–Crippen MR) is 59.9 cm³/mol. The van der Waals surface area contributed by atoms with Crippen LogP contribution in [0.2, 0.25) is 0 Å². The van der Waals surface area contributed by atoms with Crippen molar-refractivity contribution in [2.75, 3.05) is 24.6 Å². The first-order chi connectivity index (χ1) is 7.15. The summed E-state index contributed by atoms with van der Waals surface area (Å²) in [5, 5.41) is 8.80. The molecule has 0 aromatic rings. The second-order valence-electron chi connectivity index (χ2n) is 3.63. The smallest absolute Gasteiger partial charge is 0.306 e. The summed E-state index contributed by atoms with van der Waals surface area (Å²) in [6, 6.07) is 0. The highest BCUT2D eigenvalue weighted by Gasteiger charge is 2.26. The Kier molecular flexibility index (Phi) is 4.94. The van der Waals surface area contributed by atoms with Gasteiger partial charge >= 0.3 is 5.97 Å². The van der Waals surface area contributed by atoms with E-state index in [0.717, 1.165) is 5.75 Å². The van der Waals surface area contributed by atoms with Crippen LogP contribution in [0, 0.1) is 5.92 Å². The molecule has 1 rings (SSSR count). The molecule has 1 aliphatic rings. The molecule has 1 saturated heterocycles. The molecule has 0 aromatic carbocycles. The van der Waals surface area contributed by atoms with Crippen molar-refractivity contribution in [1.29, 1.82) is 0 Å². The SMILES string of the molecule is CCSCC(=O)N1CCC(C(=O)O)CC1. The summed E-state index contributed by atoms with van der Waals surface area (Å²) < 4.78 is 0. The van der Waals surface area contributed by atoms with E-state index in [1.807, 2.05) is 6.92 Å². The lowest BCUT2D eigenvalue weighted by atomic mass is 9.97. The minimum atomic E-state index is -0.731. The third kappa shape index (κ3) is 3.74. The largest absolute Gasteiger partial charge is 0.481 e. The average molecular weight is 231 g/mol. The molecule has 5 heteroatoms. The molecule has 15 heavy (non-hydrogen) atoms. The van der Waals surface area contributed by atoms with Gasteiger partial charge in [0.2, 0.25) is 5.91 Å². The Hall–Kier alpha value is -0.710. The Morgan fingerprint density at radius 3 is 2.47 bits per heavy atom. The van der Waals surface area contributed by atoms with Crippen LogP contribution in [0.25, 0.3) is 0 Å². The van der Waals surface area contributed by atoms with E-state index >= 15 is 0 Å². The van der Waals surface area contributed by atoms with Crippen LogP contribution in [-0.4, -0.2) is 46.5 Å². The molecule has 0 aliphatic carbocycles. The van der Waals surface area contributed by atoms with Gasteiger partial charge in [-0.15, -0.1) is 0 Å². The third-order valence-electron chi connectivity index (χ3n) is 2.63. The molecule has 0 saturated carbocycles. The molecule has 1 amide bonds. The summed E-state index contributed by atoms with van der Waals surface area (Å²) in [6.45, 7) is 3.22. The van der Waals surface area contributed by atoms with Crippen molar-refractivity contribution in [2.24, 2.45) is 5.92 Å². The van der Waals surface area contributed by atoms with Gasteiger partial charge in [0.15, 0.2) is 0 Å². The van der Waals surface area contributed by atoms with Gasteiger partial charge < -0.3 is 10.0 Å². The summed E-state index contributed by atoms with van der Waals surface area (Å²) >= 11 is 1.61. The standard InChI is InChI=1S/C10H17NO3S/c1-2-15-7-9(12)11-5-3-8(4-6-11)10(13)14/h8H,2-7H2,1H3,(H,13,14). The van der Waals surface area contributed by atoms with Gasteiger partial charge in [-0.05, 0) is 18.6 Å². The van der Waals surface area contributed by atoms with E-state index in [9.17, 15) is 9.59 Å². The maximum absolute atomic E-state index is 11.6. The minimum absolute atomic E-state index is 0.144. The van der Waals surface area contributed by atoms with Gasteiger partial charge in [0.25, 0.3) is 0 Å². The maximum Gasteiger partial charge on any atom is 0.306 e. The first-order valence-corrected chi connectivity index (χ1v) is 6.39. The zero-order valence-corrected chi connectivity index (χ0v) is 9.76. The minimum Gasteiger partial charge on any atom is -0.481 e. The first kappa shape index (κ1) is 12.4. The molecule has 0 bridgehead atoms. The highest BCUT2D eigenvalue weighted by molar-refractivity contribution is 7.99. The molecule has 0 unspecified atom stereocenters. The van der Waals surface area contributed by atoms with Crippen LogP contribution in [0.4, 0.5) is 0 Å². The van der Waals surface area contributed by atoms with E-state index in [-0.39, 0.29) is 11.8 Å². The second-order valence-corrected chi connectivity index (χ2v) is 4.90. The van der Waals surface area contributed by atoms with Crippen LogP contribution < -0.4 is 0 Å². The lowest BCUT2D eigenvalue weighted by Gasteiger charge is -2.30. The quantitative estimate of drug-likeness (QED) is 0.786. The number of hydrogen-bond donors (Lipinski definition) is 1. The fourth-order valence-electron chi connectivity index (χ4n) is 1.66. The summed E-state index contributed by atoms with van der Waals surface area (Å²) in [6.07, 6.45) is 1.19. The molecule has 1 heterocycles. The number of nitrogens with zero attached hydrogens (tertiary/aromatic N) is 1. The van der Waals surface area contributed by atoms with Crippen molar-refractivity contribution in [3.8, 4) is 0 Å². The summed E-state index contributed by atoms with van der Waals surface area (Å²) in [4.78, 5) is 24.1. The van der Waals surface area contributed by atoms with Crippen LogP contribution in [0.15, 0.2) is 0 Å². The Balaban J connectivity index is 2.30. The topological polar surface area (TPSA) is 57.6 Å². The van der Waals surface area contributed by atoms with Gasteiger partial charge in [-0.25, -0.2) is 0 Å². The van der Waals surface area contributed by atoms with E-state index in [1.165, 1.54) is 0 Å². The summed E-state index contributed by atoms with van der Waals surface area (Å²) in [5.41, 5.74) is 0. The van der Waals surface area contributed by atoms with Crippen LogP contribution in [-0.2, 0) is 9.59 Å². The van der Waals surface area contributed by atoms with Gasteiger partial charge in [0.05, 0.1) is 11.7 Å². The number of aliphatic carboxylic acids is 1. The number of carbonyl (C=O) groups excluding carboxylic acids is 1. The van der Waals surface area contributed by atoms with Gasteiger partial charge in [-0.2, -0.15) is 11.8 Å². The van der Waals surface area contributed by atoms with Crippen molar-refractivity contribution >= 4 is 23.6 Å². The molecule has 0 aromatic heterocycles. The van der Waals surface area contributed by atoms with Crippen LogP contribution in [0.5, 0.6) is 0 Å². The number of hydrogen-bond acceptors (Lipinski definition) is 3. The number of amides is 1. The summed E-state index contributed by atoms with van der Waals surface area (Å²) in [7, 11) is 0. The second kappa shape index (κ2) is 6.00. The maximum atomic E-state index is 11.6. The van der Waals surface area contributed by atoms with E-state index in [2.05, 4.69) is 0 Å². The number of piperidine rings is 1. The van der Waals surface area contributed by atoms with Gasteiger partial charge in [-0.1, -0.05) is 6.92 Å². The fraction of sp³-hybridized carbons (Fsp3) is 0.800. The van der Waals surface area contributed by atoms with E-state index in [1.54, 1.807) is 16.7 Å². The number of carboxylic acids is 1. The van der Waals surface area contributed by atoms with Gasteiger partial charge in [-0.3, -0.25) is 9.59 Å². The Bertz CT molecular complexity index is 237. The molecular formula is C10H17NO3S. The fourth-order valence-corrected chi connectivity index (χ4v) is 2.22. The molecule has 0 atom stereocenters. The summed E-state index contributed by atoms with van der Waals surface area (Å²) in [5.74, 6) is 0.620. The number of thioether (sulfide) groups is 1. The monoisotopic (exact) mass is 231 g/mol. The number of carbonyl (C=O) groups is 2. The van der Waals surface area contributed by atoms with E-state index < -0.39 is 5.97 Å². The highest BCUT2D eigenvalue weighted by Crippen LogP contribution is 2.18. The third-order valence-corrected chi connectivity index (χ3v) is 3.49. The highest BCUT2D eigenvalue weighted by atomic mass is 32.2. The van der Waals surface area contributed by atoms with Crippen molar-refractivity contribution in [3.05, 3.63) is 0 Å². The molecule has 4 nitrogen and oxygen atoms in total. The number of carboxylic acid groups (broad SMARTS) is 1. The molecule has 1 aliphatic heterocycles. The molecule has 1 fully saturated rings. The van der Waals surface area contributed by atoms with Crippen LogP contribution in [0.3, 0.4) is 0 Å². The normalized spacial score (nSPS) is 17.8. The lowest BCUT2D eigenvalue weighted by Crippen LogP contribution is -2.41. The Morgan fingerprint density at radius 1 is 1.40 bits per heavy atom. The zero-order valence-electron chi connectivity index (χ0n) is 8.94. The van der Waals surface area contributed by atoms with E-state index in [0.29, 0.717) is 31.7 Å². The predicted octanol–water partition coefficient (Wildman–Crippen LogP) is 1.06. The Labute approximate surface area is 94.0 Å². The van der Waals surface area contributed by atoms with Gasteiger partial charge in [0.1, 0.15) is 0 Å². The zero-order chi connectivity index (χ0) is 11.3.